The van der Waals surface area contributed by atoms with Crippen LogP contribution in [0.5, 0.6) is 0 Å². The van der Waals surface area contributed by atoms with Gasteiger partial charge < -0.3 is 19.4 Å². The first-order valence-electron chi connectivity index (χ1n) is 8.58. The van der Waals surface area contributed by atoms with Gasteiger partial charge in [0.15, 0.2) is 5.76 Å². The lowest BCUT2D eigenvalue weighted by Gasteiger charge is -2.36. The van der Waals surface area contributed by atoms with E-state index < -0.39 is 0 Å². The molecule has 1 aliphatic rings. The Labute approximate surface area is 143 Å². The monoisotopic (exact) mass is 330 g/mol. The van der Waals surface area contributed by atoms with Gasteiger partial charge in [-0.15, -0.1) is 0 Å². The van der Waals surface area contributed by atoms with E-state index in [0.717, 1.165) is 35.8 Å². The second-order valence-electron chi connectivity index (χ2n) is 6.73. The van der Waals surface area contributed by atoms with Crippen molar-refractivity contribution in [1.82, 2.24) is 10.2 Å². The van der Waals surface area contributed by atoms with Crippen LogP contribution in [0.4, 0.5) is 0 Å². The molecule has 1 saturated carbocycles. The van der Waals surface area contributed by atoms with Crippen molar-refractivity contribution < 1.29 is 13.9 Å². The Morgan fingerprint density at radius 1 is 1.29 bits per heavy atom. The summed E-state index contributed by atoms with van der Waals surface area (Å²) in [6.07, 6.45) is 4.49. The Hall–Kier alpha value is -1.85. The van der Waals surface area contributed by atoms with Gasteiger partial charge in [0.2, 0.25) is 0 Å². The summed E-state index contributed by atoms with van der Waals surface area (Å²) in [5, 5.41) is 4.14. The molecule has 5 nitrogen and oxygen atoms in total. The Kier molecular flexibility index (Phi) is 5.21. The number of fused-ring (bicyclic) bond motifs is 1. The van der Waals surface area contributed by atoms with E-state index in [-0.39, 0.29) is 11.9 Å². The first-order valence-corrected chi connectivity index (χ1v) is 8.58. The molecule has 2 aromatic rings. The highest BCUT2D eigenvalue weighted by atomic mass is 16.5. The average Bonchev–Trinajstić information content (AvgIpc) is 2.94. The smallest absolute Gasteiger partial charge is 0.287 e. The summed E-state index contributed by atoms with van der Waals surface area (Å²) in [5.74, 6) is 0.234. The van der Waals surface area contributed by atoms with Crippen molar-refractivity contribution in [2.45, 2.75) is 44.4 Å². The molecule has 1 aromatic carbocycles. The standard InChI is InChI=1S/C19H26N2O3/c1-21(2)16-10-6-5-9-15(16)20-19(22)18-14(12-23-3)13-8-4-7-11-17(13)24-18/h4,7-8,11,15-16H,5-6,9-10,12H2,1-3H3,(H,20,22)/t15-,16+/m0/s1. The normalized spacial score (nSPS) is 21.3. The highest BCUT2D eigenvalue weighted by Gasteiger charge is 2.30. The zero-order chi connectivity index (χ0) is 17.1. The maximum Gasteiger partial charge on any atom is 0.287 e. The molecule has 0 radical (unpaired) electrons. The van der Waals surface area contributed by atoms with E-state index in [1.165, 1.54) is 6.42 Å². The van der Waals surface area contributed by atoms with Crippen LogP contribution in [0.1, 0.15) is 41.8 Å². The third-order valence-electron chi connectivity index (χ3n) is 4.90. The molecule has 1 heterocycles. The number of benzene rings is 1. The second-order valence-corrected chi connectivity index (χ2v) is 6.73. The lowest BCUT2D eigenvalue weighted by Crippen LogP contribution is -2.51. The molecule has 130 valence electrons. The summed E-state index contributed by atoms with van der Waals surface area (Å²) in [6, 6.07) is 8.24. The van der Waals surface area contributed by atoms with Gasteiger partial charge in [-0.05, 0) is 33.0 Å². The third-order valence-corrected chi connectivity index (χ3v) is 4.90. The molecule has 0 bridgehead atoms. The SMILES string of the molecule is COCc1c(C(=O)N[C@H]2CCCC[C@H]2N(C)C)oc2ccccc12. The molecule has 1 fully saturated rings. The summed E-state index contributed by atoms with van der Waals surface area (Å²) in [5.41, 5.74) is 1.55. The van der Waals surface area contributed by atoms with E-state index in [9.17, 15) is 4.79 Å². The number of hydrogen-bond acceptors (Lipinski definition) is 4. The number of nitrogens with one attached hydrogen (secondary N) is 1. The first-order chi connectivity index (χ1) is 11.6. The molecule has 1 N–H and O–H groups in total. The number of furan rings is 1. The van der Waals surface area contributed by atoms with Crippen molar-refractivity contribution in [3.63, 3.8) is 0 Å². The van der Waals surface area contributed by atoms with Crippen molar-refractivity contribution >= 4 is 16.9 Å². The van der Waals surface area contributed by atoms with Crippen LogP contribution in [0.3, 0.4) is 0 Å². The van der Waals surface area contributed by atoms with Crippen LogP contribution in [0, 0.1) is 0 Å². The maximum absolute atomic E-state index is 12.9. The number of carbonyl (C=O) groups is 1. The van der Waals surface area contributed by atoms with Crippen LogP contribution in [0.25, 0.3) is 11.0 Å². The van der Waals surface area contributed by atoms with Crippen LogP contribution in [0.15, 0.2) is 28.7 Å². The zero-order valence-corrected chi connectivity index (χ0v) is 14.7. The number of methoxy groups -OCH3 is 1. The van der Waals surface area contributed by atoms with Crippen LogP contribution in [-0.2, 0) is 11.3 Å². The van der Waals surface area contributed by atoms with Crippen molar-refractivity contribution in [1.29, 1.82) is 0 Å². The molecule has 0 unspecified atom stereocenters. The van der Waals surface area contributed by atoms with E-state index >= 15 is 0 Å². The lowest BCUT2D eigenvalue weighted by atomic mass is 9.89. The molecular formula is C19H26N2O3. The predicted molar refractivity (Wildman–Crippen MR) is 94.1 cm³/mol. The van der Waals surface area contributed by atoms with E-state index in [1.54, 1.807) is 7.11 Å². The van der Waals surface area contributed by atoms with E-state index in [2.05, 4.69) is 24.3 Å². The molecule has 0 saturated heterocycles. The van der Waals surface area contributed by atoms with Gasteiger partial charge in [-0.1, -0.05) is 31.0 Å². The van der Waals surface area contributed by atoms with Gasteiger partial charge in [-0.3, -0.25) is 4.79 Å². The largest absolute Gasteiger partial charge is 0.451 e. The highest BCUT2D eigenvalue weighted by molar-refractivity contribution is 5.99. The van der Waals surface area contributed by atoms with Gasteiger partial charge in [0.05, 0.1) is 6.61 Å². The summed E-state index contributed by atoms with van der Waals surface area (Å²) in [6.45, 7) is 0.363. The maximum atomic E-state index is 12.9. The number of ether oxygens (including phenoxy) is 1. The van der Waals surface area contributed by atoms with Gasteiger partial charge in [-0.25, -0.2) is 0 Å². The molecule has 0 spiro atoms. The molecule has 3 rings (SSSR count). The molecule has 1 aromatic heterocycles. The van der Waals surface area contributed by atoms with Crippen molar-refractivity contribution in [3.8, 4) is 0 Å². The summed E-state index contributed by atoms with van der Waals surface area (Å²) in [4.78, 5) is 15.1. The van der Waals surface area contributed by atoms with E-state index in [1.807, 2.05) is 24.3 Å². The topological polar surface area (TPSA) is 54.7 Å². The fraction of sp³-hybridized carbons (Fsp3) is 0.526. The number of rotatable bonds is 5. The van der Waals surface area contributed by atoms with Crippen LogP contribution < -0.4 is 5.32 Å². The quantitative estimate of drug-likeness (QED) is 0.915. The molecule has 1 aliphatic carbocycles. The van der Waals surface area contributed by atoms with Crippen LogP contribution in [-0.4, -0.2) is 44.1 Å². The van der Waals surface area contributed by atoms with Crippen molar-refractivity contribution in [2.24, 2.45) is 0 Å². The Bertz CT molecular complexity index is 708. The van der Waals surface area contributed by atoms with Crippen LogP contribution in [0.2, 0.25) is 0 Å². The van der Waals surface area contributed by atoms with Gasteiger partial charge in [0.25, 0.3) is 5.91 Å². The first kappa shape index (κ1) is 17.0. The molecular weight excluding hydrogens is 304 g/mol. The molecule has 2 atom stereocenters. The minimum atomic E-state index is -0.142. The lowest BCUT2D eigenvalue weighted by molar-refractivity contribution is 0.0851. The fourth-order valence-electron chi connectivity index (χ4n) is 3.70. The number of likely N-dealkylation sites (N-methyl/N-ethyl adjacent to an activating group) is 1. The fourth-order valence-corrected chi connectivity index (χ4v) is 3.70. The number of carbonyl (C=O) groups excluding carboxylic acids is 1. The molecule has 1 amide bonds. The summed E-state index contributed by atoms with van der Waals surface area (Å²) < 4.78 is 11.1. The number of amides is 1. The highest BCUT2D eigenvalue weighted by Crippen LogP contribution is 2.28. The van der Waals surface area contributed by atoms with Gasteiger partial charge >= 0.3 is 0 Å². The van der Waals surface area contributed by atoms with E-state index in [0.29, 0.717) is 18.4 Å². The van der Waals surface area contributed by atoms with Crippen LogP contribution >= 0.6 is 0 Å². The third kappa shape index (κ3) is 3.32. The molecule has 5 heteroatoms. The summed E-state index contributed by atoms with van der Waals surface area (Å²) in [7, 11) is 5.78. The van der Waals surface area contributed by atoms with E-state index in [4.69, 9.17) is 9.15 Å². The predicted octanol–water partition coefficient (Wildman–Crippen LogP) is 3.18. The number of para-hydroxylation sites is 1. The Balaban J connectivity index is 1.86. The van der Waals surface area contributed by atoms with Gasteiger partial charge in [0.1, 0.15) is 5.58 Å². The average molecular weight is 330 g/mol. The van der Waals surface area contributed by atoms with Gasteiger partial charge in [-0.2, -0.15) is 0 Å². The second kappa shape index (κ2) is 7.36. The number of nitrogens with zero attached hydrogens (tertiary/aromatic N) is 1. The number of hydrogen-bond donors (Lipinski definition) is 1. The molecule has 0 aliphatic heterocycles. The zero-order valence-electron chi connectivity index (χ0n) is 14.7. The van der Waals surface area contributed by atoms with Crippen molar-refractivity contribution in [2.75, 3.05) is 21.2 Å². The Morgan fingerprint density at radius 2 is 2.04 bits per heavy atom. The van der Waals surface area contributed by atoms with Gasteiger partial charge in [0, 0.05) is 30.1 Å². The molecule has 24 heavy (non-hydrogen) atoms. The minimum absolute atomic E-state index is 0.142. The van der Waals surface area contributed by atoms with Crippen molar-refractivity contribution in [3.05, 3.63) is 35.6 Å². The minimum Gasteiger partial charge on any atom is -0.451 e. The summed E-state index contributed by atoms with van der Waals surface area (Å²) >= 11 is 0. The Morgan fingerprint density at radius 3 is 2.79 bits per heavy atom.